The second-order valence-electron chi connectivity index (χ2n) is 2.97. The summed E-state index contributed by atoms with van der Waals surface area (Å²) in [6.07, 6.45) is 1.15. The highest BCUT2D eigenvalue weighted by molar-refractivity contribution is 6.20. The lowest BCUT2D eigenvalue weighted by Crippen LogP contribution is -2.34. The van der Waals surface area contributed by atoms with E-state index in [1.54, 1.807) is 0 Å². The minimum Gasteiger partial charge on any atom is -0.287 e. The molecule has 2 heterocycles. The maximum Gasteiger partial charge on any atom is 0.275 e. The van der Waals surface area contributed by atoms with Crippen LogP contribution in [0.25, 0.3) is 0 Å². The molecule has 0 saturated carbocycles. The first-order valence-electron chi connectivity index (χ1n) is 4.02. The Morgan fingerprint density at radius 2 is 1.64 bits per heavy atom. The van der Waals surface area contributed by atoms with Crippen LogP contribution in [0.1, 0.15) is 12.8 Å². The summed E-state index contributed by atoms with van der Waals surface area (Å²) in [5.41, 5.74) is -0.164. The molecular weight excluding hydrogens is 188 g/mol. The minimum absolute atomic E-state index is 0.0949. The summed E-state index contributed by atoms with van der Waals surface area (Å²) < 4.78 is 0. The molecule has 0 bridgehead atoms. The molecule has 2 aliphatic rings. The van der Waals surface area contributed by atoms with Crippen molar-refractivity contribution in [2.75, 3.05) is 0 Å². The van der Waals surface area contributed by atoms with Crippen LogP contribution in [0.4, 0.5) is 0 Å². The molecule has 2 aliphatic heterocycles. The first kappa shape index (κ1) is 8.61. The molecule has 72 valence electrons. The van der Waals surface area contributed by atoms with Gasteiger partial charge in [-0.1, -0.05) is 0 Å². The van der Waals surface area contributed by atoms with Crippen molar-refractivity contribution >= 4 is 23.6 Å². The van der Waals surface area contributed by atoms with Gasteiger partial charge in [-0.3, -0.25) is 24.5 Å². The number of nitrogens with zero attached hydrogens (tertiary/aromatic N) is 1. The van der Waals surface area contributed by atoms with Gasteiger partial charge >= 0.3 is 0 Å². The Morgan fingerprint density at radius 3 is 2.07 bits per heavy atom. The van der Waals surface area contributed by atoms with Crippen LogP contribution in [0.5, 0.6) is 0 Å². The van der Waals surface area contributed by atoms with Crippen molar-refractivity contribution in [3.05, 3.63) is 11.8 Å². The second kappa shape index (κ2) is 2.76. The third-order valence-corrected chi connectivity index (χ3v) is 2.03. The minimum atomic E-state index is -0.696. The van der Waals surface area contributed by atoms with Gasteiger partial charge < -0.3 is 0 Å². The monoisotopic (exact) mass is 194 g/mol. The van der Waals surface area contributed by atoms with Crippen molar-refractivity contribution in [2.45, 2.75) is 12.8 Å². The summed E-state index contributed by atoms with van der Waals surface area (Å²) in [6.45, 7) is 0. The van der Waals surface area contributed by atoms with Gasteiger partial charge in [-0.25, -0.2) is 4.90 Å². The average Bonchev–Trinajstić information content (AvgIpc) is 2.57. The number of hydrogen-bond acceptors (Lipinski definition) is 4. The van der Waals surface area contributed by atoms with Crippen LogP contribution in [-0.4, -0.2) is 28.5 Å². The van der Waals surface area contributed by atoms with Gasteiger partial charge in [0.05, 0.1) is 0 Å². The topological polar surface area (TPSA) is 83.6 Å². The quantitative estimate of drug-likeness (QED) is 0.524. The van der Waals surface area contributed by atoms with Crippen LogP contribution in [0.15, 0.2) is 11.8 Å². The Labute approximate surface area is 78.5 Å². The van der Waals surface area contributed by atoms with Crippen molar-refractivity contribution in [2.24, 2.45) is 0 Å². The smallest absolute Gasteiger partial charge is 0.275 e. The molecule has 14 heavy (non-hydrogen) atoms. The Kier molecular flexibility index (Phi) is 1.70. The van der Waals surface area contributed by atoms with E-state index in [0.29, 0.717) is 0 Å². The number of imide groups is 2. The highest BCUT2D eigenvalue weighted by Gasteiger charge is 2.37. The zero-order chi connectivity index (χ0) is 10.3. The number of amides is 4. The van der Waals surface area contributed by atoms with Gasteiger partial charge in [0.2, 0.25) is 11.8 Å². The fourth-order valence-electron chi connectivity index (χ4n) is 1.41. The fourth-order valence-corrected chi connectivity index (χ4v) is 1.41. The fraction of sp³-hybridized carbons (Fsp3) is 0.250. The molecule has 6 nitrogen and oxygen atoms in total. The summed E-state index contributed by atoms with van der Waals surface area (Å²) in [7, 11) is 0. The van der Waals surface area contributed by atoms with Crippen LogP contribution in [0.2, 0.25) is 0 Å². The normalized spacial score (nSPS) is 21.7. The predicted octanol–water partition coefficient (Wildman–Crippen LogP) is -1.32. The van der Waals surface area contributed by atoms with Gasteiger partial charge in [-0.2, -0.15) is 0 Å². The molecular formula is C8H6N2O4. The van der Waals surface area contributed by atoms with E-state index in [-0.39, 0.29) is 18.5 Å². The van der Waals surface area contributed by atoms with Gasteiger partial charge in [-0.05, 0) is 0 Å². The third kappa shape index (κ3) is 1.12. The lowest BCUT2D eigenvalue weighted by atomic mass is 10.4. The summed E-state index contributed by atoms with van der Waals surface area (Å²) >= 11 is 0. The number of hydrogen-bond donors (Lipinski definition) is 1. The van der Waals surface area contributed by atoms with Crippen LogP contribution in [0.3, 0.4) is 0 Å². The van der Waals surface area contributed by atoms with E-state index in [0.717, 1.165) is 11.0 Å². The molecule has 2 rings (SSSR count). The maximum absolute atomic E-state index is 11.2. The van der Waals surface area contributed by atoms with E-state index in [1.165, 1.54) is 0 Å². The molecule has 0 aromatic carbocycles. The zero-order valence-electron chi connectivity index (χ0n) is 7.07. The van der Waals surface area contributed by atoms with Gasteiger partial charge in [0, 0.05) is 18.9 Å². The largest absolute Gasteiger partial charge is 0.287 e. The molecule has 0 aliphatic carbocycles. The number of rotatable bonds is 1. The second-order valence-corrected chi connectivity index (χ2v) is 2.97. The van der Waals surface area contributed by atoms with Crippen LogP contribution in [0, 0.1) is 0 Å². The lowest BCUT2D eigenvalue weighted by molar-refractivity contribution is -0.138. The Bertz CT molecular complexity index is 380. The molecule has 0 aromatic heterocycles. The van der Waals surface area contributed by atoms with Crippen LogP contribution in [-0.2, 0) is 19.2 Å². The Balaban J connectivity index is 2.35. The van der Waals surface area contributed by atoms with Gasteiger partial charge in [0.1, 0.15) is 5.70 Å². The molecule has 0 spiro atoms. The van der Waals surface area contributed by atoms with Crippen molar-refractivity contribution in [1.82, 2.24) is 10.2 Å². The van der Waals surface area contributed by atoms with Crippen molar-refractivity contribution in [3.63, 3.8) is 0 Å². The average molecular weight is 194 g/mol. The lowest BCUT2D eigenvalue weighted by Gasteiger charge is -2.11. The van der Waals surface area contributed by atoms with Gasteiger partial charge in [-0.15, -0.1) is 0 Å². The Morgan fingerprint density at radius 1 is 1.07 bits per heavy atom. The summed E-state index contributed by atoms with van der Waals surface area (Å²) in [6, 6.07) is 0. The molecule has 4 amide bonds. The molecule has 1 saturated heterocycles. The summed E-state index contributed by atoms with van der Waals surface area (Å²) in [5, 5.41) is 1.97. The van der Waals surface area contributed by atoms with E-state index in [1.807, 2.05) is 5.32 Å². The van der Waals surface area contributed by atoms with E-state index >= 15 is 0 Å². The molecule has 1 N–H and O–H groups in total. The standard InChI is InChI=1S/C8H6N2O4/c11-5-3-4(8(14)9-5)10-6(12)1-2-7(10)13/h3H,1-2H2,(H,9,11,14). The number of nitrogens with one attached hydrogen (secondary N) is 1. The number of likely N-dealkylation sites (tertiary alicyclic amines) is 1. The highest BCUT2D eigenvalue weighted by atomic mass is 16.2. The summed E-state index contributed by atoms with van der Waals surface area (Å²) in [4.78, 5) is 45.1. The number of carbonyl (C=O) groups excluding carboxylic acids is 4. The van der Waals surface area contributed by atoms with E-state index in [9.17, 15) is 19.2 Å². The third-order valence-electron chi connectivity index (χ3n) is 2.03. The van der Waals surface area contributed by atoms with Crippen LogP contribution >= 0.6 is 0 Å². The van der Waals surface area contributed by atoms with E-state index < -0.39 is 23.6 Å². The van der Waals surface area contributed by atoms with Crippen molar-refractivity contribution in [1.29, 1.82) is 0 Å². The first-order valence-corrected chi connectivity index (χ1v) is 4.02. The van der Waals surface area contributed by atoms with Crippen LogP contribution < -0.4 is 5.32 Å². The molecule has 6 heteroatoms. The van der Waals surface area contributed by atoms with Gasteiger partial charge in [0.25, 0.3) is 11.8 Å². The maximum atomic E-state index is 11.2. The molecule has 0 unspecified atom stereocenters. The predicted molar refractivity (Wildman–Crippen MR) is 42.3 cm³/mol. The van der Waals surface area contributed by atoms with E-state index in [4.69, 9.17) is 0 Å². The molecule has 0 aromatic rings. The molecule has 0 atom stereocenters. The van der Waals surface area contributed by atoms with Crippen molar-refractivity contribution < 1.29 is 19.2 Å². The first-order chi connectivity index (χ1) is 6.59. The van der Waals surface area contributed by atoms with E-state index in [2.05, 4.69) is 0 Å². The Hall–Kier alpha value is -1.98. The summed E-state index contributed by atoms with van der Waals surface area (Å²) in [5.74, 6) is -2.17. The van der Waals surface area contributed by atoms with Crippen molar-refractivity contribution in [3.8, 4) is 0 Å². The highest BCUT2D eigenvalue weighted by Crippen LogP contribution is 2.19. The SMILES string of the molecule is O=C1C=C(N2C(=O)CCC2=O)C(=O)N1. The van der Waals surface area contributed by atoms with Gasteiger partial charge in [0.15, 0.2) is 0 Å². The molecule has 0 radical (unpaired) electrons. The zero-order valence-corrected chi connectivity index (χ0v) is 7.07. The number of carbonyl (C=O) groups is 4. The molecule has 1 fully saturated rings.